The van der Waals surface area contributed by atoms with Gasteiger partial charge in [-0.1, -0.05) is 36.4 Å². The van der Waals surface area contributed by atoms with Crippen LogP contribution in [0.2, 0.25) is 0 Å². The molecule has 166 valence electrons. The summed E-state index contributed by atoms with van der Waals surface area (Å²) >= 11 is 0. The Labute approximate surface area is 189 Å². The number of aliphatic hydroxyl groups is 1. The van der Waals surface area contributed by atoms with Gasteiger partial charge in [-0.05, 0) is 37.3 Å². The maximum atomic E-state index is 13.5. The Morgan fingerprint density at radius 2 is 1.82 bits per heavy atom. The van der Waals surface area contributed by atoms with E-state index in [4.69, 9.17) is 13.6 Å². The molecule has 0 aliphatic carbocycles. The van der Waals surface area contributed by atoms with E-state index in [2.05, 4.69) is 0 Å². The fraction of sp³-hybridized carbons (Fsp3) is 0.154. The zero-order chi connectivity index (χ0) is 23.1. The normalized spacial score (nSPS) is 16.1. The number of Topliss-reactive ketones (excluding diaryl/α,β-unsaturated/α-hetero) is 1. The van der Waals surface area contributed by atoms with Crippen molar-refractivity contribution in [1.29, 1.82) is 0 Å². The lowest BCUT2D eigenvalue weighted by molar-refractivity contribution is -0.130. The van der Waals surface area contributed by atoms with Crippen molar-refractivity contribution in [2.45, 2.75) is 19.5 Å². The van der Waals surface area contributed by atoms with Crippen LogP contribution >= 0.6 is 0 Å². The van der Waals surface area contributed by atoms with E-state index in [1.165, 1.54) is 4.90 Å². The number of nitrogens with zero attached hydrogens (tertiary/aromatic N) is 1. The topological polar surface area (TPSA) is 93.1 Å². The second-order valence-electron chi connectivity index (χ2n) is 7.84. The van der Waals surface area contributed by atoms with Gasteiger partial charge in [0.05, 0.1) is 19.2 Å². The van der Waals surface area contributed by atoms with E-state index in [-0.39, 0.29) is 17.9 Å². The van der Waals surface area contributed by atoms with Gasteiger partial charge < -0.3 is 23.6 Å². The van der Waals surface area contributed by atoms with Crippen molar-refractivity contribution >= 4 is 22.7 Å². The smallest absolute Gasteiger partial charge is 0.290 e. The van der Waals surface area contributed by atoms with Gasteiger partial charge in [0, 0.05) is 10.9 Å². The van der Waals surface area contributed by atoms with Gasteiger partial charge in [-0.25, -0.2) is 0 Å². The van der Waals surface area contributed by atoms with Gasteiger partial charge in [-0.3, -0.25) is 9.59 Å². The van der Waals surface area contributed by atoms with Crippen LogP contribution in [0.1, 0.15) is 33.7 Å². The monoisotopic (exact) mass is 443 g/mol. The van der Waals surface area contributed by atoms with Gasteiger partial charge in [0.15, 0.2) is 11.5 Å². The lowest BCUT2D eigenvalue weighted by Crippen LogP contribution is -2.30. The number of rotatable bonds is 6. The molecule has 1 unspecified atom stereocenters. The molecule has 3 heterocycles. The van der Waals surface area contributed by atoms with Crippen LogP contribution in [-0.4, -0.2) is 28.8 Å². The SMILES string of the molecule is COc1ccccc1CN1C(=O)C(O)=C(C(=O)c2cc3ccccc3o2)C1c1ccc(C)o1. The van der Waals surface area contributed by atoms with Gasteiger partial charge in [-0.2, -0.15) is 0 Å². The van der Waals surface area contributed by atoms with Crippen molar-refractivity contribution in [3.8, 4) is 5.75 Å². The van der Waals surface area contributed by atoms with Crippen LogP contribution in [0.15, 0.2) is 86.9 Å². The molecule has 7 nitrogen and oxygen atoms in total. The van der Waals surface area contributed by atoms with Gasteiger partial charge in [0.2, 0.25) is 5.78 Å². The highest BCUT2D eigenvalue weighted by Gasteiger charge is 2.46. The zero-order valence-electron chi connectivity index (χ0n) is 18.1. The third-order valence-corrected chi connectivity index (χ3v) is 5.76. The van der Waals surface area contributed by atoms with Crippen molar-refractivity contribution in [2.75, 3.05) is 7.11 Å². The molecule has 1 aliphatic rings. The predicted octanol–water partition coefficient (Wildman–Crippen LogP) is 5.12. The Hall–Kier alpha value is -4.26. The van der Waals surface area contributed by atoms with Crippen LogP contribution in [0, 0.1) is 6.92 Å². The summed E-state index contributed by atoms with van der Waals surface area (Å²) in [5.74, 6) is -0.225. The van der Waals surface area contributed by atoms with Crippen LogP contribution in [0.3, 0.4) is 0 Å². The third-order valence-electron chi connectivity index (χ3n) is 5.76. The summed E-state index contributed by atoms with van der Waals surface area (Å²) in [6.07, 6.45) is 0. The number of aryl methyl sites for hydroxylation is 1. The summed E-state index contributed by atoms with van der Waals surface area (Å²) in [5.41, 5.74) is 1.19. The second-order valence-corrected chi connectivity index (χ2v) is 7.84. The number of benzene rings is 2. The largest absolute Gasteiger partial charge is 0.503 e. The first-order chi connectivity index (χ1) is 16.0. The second kappa shape index (κ2) is 8.02. The average molecular weight is 443 g/mol. The first-order valence-corrected chi connectivity index (χ1v) is 10.4. The Bertz CT molecular complexity index is 1380. The number of furan rings is 2. The highest BCUT2D eigenvalue weighted by molar-refractivity contribution is 6.15. The molecule has 4 aromatic rings. The number of ether oxygens (including phenoxy) is 1. The van der Waals surface area contributed by atoms with Crippen LogP contribution in [0.5, 0.6) is 5.75 Å². The van der Waals surface area contributed by atoms with E-state index < -0.39 is 23.5 Å². The van der Waals surface area contributed by atoms with Crippen molar-refractivity contribution in [1.82, 2.24) is 4.90 Å². The number of methoxy groups -OCH3 is 1. The van der Waals surface area contributed by atoms with Gasteiger partial charge in [-0.15, -0.1) is 0 Å². The molecule has 0 radical (unpaired) electrons. The van der Waals surface area contributed by atoms with E-state index in [0.29, 0.717) is 22.9 Å². The Morgan fingerprint density at radius 3 is 2.55 bits per heavy atom. The van der Waals surface area contributed by atoms with E-state index in [1.807, 2.05) is 30.3 Å². The van der Waals surface area contributed by atoms with Crippen LogP contribution in [0.25, 0.3) is 11.0 Å². The Kier molecular flexibility index (Phi) is 5.01. The quantitative estimate of drug-likeness (QED) is 0.416. The molecule has 0 saturated carbocycles. The summed E-state index contributed by atoms with van der Waals surface area (Å²) < 4.78 is 17.0. The highest BCUT2D eigenvalue weighted by atomic mass is 16.5. The molecule has 7 heteroatoms. The van der Waals surface area contributed by atoms with Gasteiger partial charge in [0.1, 0.15) is 28.9 Å². The van der Waals surface area contributed by atoms with Crippen LogP contribution in [-0.2, 0) is 11.3 Å². The number of carbonyl (C=O) groups is 2. The van der Waals surface area contributed by atoms with E-state index >= 15 is 0 Å². The molecular formula is C26H21NO6. The van der Waals surface area contributed by atoms with Crippen LogP contribution < -0.4 is 4.74 Å². The minimum absolute atomic E-state index is 0.0398. The maximum absolute atomic E-state index is 13.5. The van der Waals surface area contributed by atoms with E-state index in [0.717, 1.165) is 10.9 Å². The van der Waals surface area contributed by atoms with E-state index in [1.54, 1.807) is 50.4 Å². The van der Waals surface area contributed by atoms with E-state index in [9.17, 15) is 14.7 Å². The Morgan fingerprint density at radius 1 is 1.06 bits per heavy atom. The first kappa shape index (κ1) is 20.6. The van der Waals surface area contributed by atoms with Crippen molar-refractivity contribution < 1.29 is 28.3 Å². The summed E-state index contributed by atoms with van der Waals surface area (Å²) in [6, 6.07) is 18.6. The van der Waals surface area contributed by atoms with Crippen molar-refractivity contribution in [3.63, 3.8) is 0 Å². The summed E-state index contributed by atoms with van der Waals surface area (Å²) in [6.45, 7) is 1.88. The zero-order valence-corrected chi connectivity index (χ0v) is 18.1. The Balaban J connectivity index is 1.59. The van der Waals surface area contributed by atoms with Gasteiger partial charge in [0.25, 0.3) is 5.91 Å². The lowest BCUT2D eigenvalue weighted by Gasteiger charge is -2.25. The fourth-order valence-electron chi connectivity index (χ4n) is 4.19. The lowest BCUT2D eigenvalue weighted by atomic mass is 9.99. The molecular weight excluding hydrogens is 422 g/mol. The number of amides is 1. The number of aliphatic hydroxyl groups excluding tert-OH is 1. The molecule has 1 aliphatic heterocycles. The number of hydrogen-bond acceptors (Lipinski definition) is 6. The molecule has 0 fully saturated rings. The molecule has 1 atom stereocenters. The molecule has 5 rings (SSSR count). The molecule has 0 saturated heterocycles. The predicted molar refractivity (Wildman–Crippen MR) is 120 cm³/mol. The summed E-state index contributed by atoms with van der Waals surface area (Å²) in [5, 5.41) is 11.6. The van der Waals surface area contributed by atoms with Gasteiger partial charge >= 0.3 is 0 Å². The molecule has 1 N–H and O–H groups in total. The maximum Gasteiger partial charge on any atom is 0.290 e. The minimum Gasteiger partial charge on any atom is -0.503 e. The molecule has 33 heavy (non-hydrogen) atoms. The standard InChI is InChI=1S/C26H21NO6/c1-15-11-12-20(32-15)23-22(24(28)21-13-16-7-3-6-10-19(16)33-21)25(29)26(30)27(23)14-17-8-4-5-9-18(17)31-2/h3-13,23,29H,14H2,1-2H3. The average Bonchev–Trinajstić information content (AvgIpc) is 3.51. The van der Waals surface area contributed by atoms with Crippen molar-refractivity contribution in [2.24, 2.45) is 0 Å². The number of ketones is 1. The molecule has 0 spiro atoms. The molecule has 0 bridgehead atoms. The number of fused-ring (bicyclic) bond motifs is 1. The number of carbonyl (C=O) groups excluding carboxylic acids is 2. The van der Waals surface area contributed by atoms with Crippen LogP contribution in [0.4, 0.5) is 0 Å². The number of para-hydroxylation sites is 2. The first-order valence-electron chi connectivity index (χ1n) is 10.4. The fourth-order valence-corrected chi connectivity index (χ4v) is 4.19. The third kappa shape index (κ3) is 3.47. The molecule has 2 aromatic heterocycles. The summed E-state index contributed by atoms with van der Waals surface area (Å²) in [4.78, 5) is 28.1. The highest BCUT2D eigenvalue weighted by Crippen LogP contribution is 2.41. The molecule has 2 aromatic carbocycles. The summed E-state index contributed by atoms with van der Waals surface area (Å²) in [7, 11) is 1.55. The van der Waals surface area contributed by atoms with Crippen molar-refractivity contribution in [3.05, 3.63) is 101 Å². The number of hydrogen-bond donors (Lipinski definition) is 1. The molecule has 1 amide bonds. The minimum atomic E-state index is -0.920.